The van der Waals surface area contributed by atoms with Crippen LogP contribution in [0.4, 0.5) is 24.5 Å². The molecule has 1 amide bonds. The molecule has 2 aromatic rings. The number of nitrogens with two attached hydrogens (primary N) is 1. The first-order valence-electron chi connectivity index (χ1n) is 5.30. The zero-order chi connectivity index (χ0) is 14.0. The number of amides is 1. The van der Waals surface area contributed by atoms with Gasteiger partial charge >= 0.3 is 0 Å². The Labute approximate surface area is 106 Å². The average molecular weight is 266 g/mol. The number of hydrogen-bond acceptors (Lipinski definition) is 2. The summed E-state index contributed by atoms with van der Waals surface area (Å²) in [4.78, 5) is 11.8. The first-order valence-corrected chi connectivity index (χ1v) is 5.30. The molecule has 3 nitrogen and oxygen atoms in total. The quantitative estimate of drug-likeness (QED) is 0.821. The van der Waals surface area contributed by atoms with Gasteiger partial charge in [-0.1, -0.05) is 12.1 Å². The van der Waals surface area contributed by atoms with Gasteiger partial charge in [0, 0.05) is 0 Å². The molecule has 0 unspecified atom stereocenters. The van der Waals surface area contributed by atoms with Crippen molar-refractivity contribution in [2.24, 2.45) is 0 Å². The lowest BCUT2D eigenvalue weighted by Crippen LogP contribution is -2.16. The molecule has 0 heterocycles. The minimum absolute atomic E-state index is 0.149. The monoisotopic (exact) mass is 266 g/mol. The van der Waals surface area contributed by atoms with Crippen LogP contribution in [0.2, 0.25) is 0 Å². The summed E-state index contributed by atoms with van der Waals surface area (Å²) in [6, 6.07) is 7.01. The Morgan fingerprint density at radius 1 is 1.00 bits per heavy atom. The normalized spacial score (nSPS) is 10.3. The van der Waals surface area contributed by atoms with Crippen LogP contribution in [0.25, 0.3) is 0 Å². The molecule has 6 heteroatoms. The third-order valence-electron chi connectivity index (χ3n) is 2.50. The number of para-hydroxylation sites is 1. The Kier molecular flexibility index (Phi) is 3.41. The van der Waals surface area contributed by atoms with E-state index >= 15 is 0 Å². The molecule has 19 heavy (non-hydrogen) atoms. The third-order valence-corrected chi connectivity index (χ3v) is 2.50. The van der Waals surface area contributed by atoms with Crippen molar-refractivity contribution in [2.75, 3.05) is 11.1 Å². The maximum Gasteiger partial charge on any atom is 0.257 e. The van der Waals surface area contributed by atoms with Gasteiger partial charge in [0.15, 0.2) is 11.6 Å². The SMILES string of the molecule is Nc1c(F)cccc1C(=O)Nc1cccc(F)c1F. The molecule has 0 spiro atoms. The van der Waals surface area contributed by atoms with Crippen LogP contribution in [-0.2, 0) is 0 Å². The molecular formula is C13H9F3N2O. The van der Waals surface area contributed by atoms with Gasteiger partial charge in [-0.05, 0) is 24.3 Å². The lowest BCUT2D eigenvalue weighted by molar-refractivity contribution is 0.102. The molecule has 2 aromatic carbocycles. The second-order valence-corrected chi connectivity index (χ2v) is 3.76. The molecule has 0 atom stereocenters. The number of halogens is 3. The Bertz CT molecular complexity index is 644. The van der Waals surface area contributed by atoms with E-state index in [1.54, 1.807) is 0 Å². The van der Waals surface area contributed by atoms with Crippen LogP contribution < -0.4 is 11.1 Å². The minimum Gasteiger partial charge on any atom is -0.396 e. The van der Waals surface area contributed by atoms with Gasteiger partial charge in [0.25, 0.3) is 5.91 Å². The van der Waals surface area contributed by atoms with Crippen molar-refractivity contribution < 1.29 is 18.0 Å². The highest BCUT2D eigenvalue weighted by atomic mass is 19.2. The van der Waals surface area contributed by atoms with Gasteiger partial charge in [-0.25, -0.2) is 13.2 Å². The highest BCUT2D eigenvalue weighted by Crippen LogP contribution is 2.20. The highest BCUT2D eigenvalue weighted by Gasteiger charge is 2.15. The molecule has 0 aliphatic rings. The number of carbonyl (C=O) groups is 1. The van der Waals surface area contributed by atoms with Crippen molar-refractivity contribution in [1.82, 2.24) is 0 Å². The van der Waals surface area contributed by atoms with Gasteiger partial charge in [0.1, 0.15) is 5.82 Å². The molecule has 0 aliphatic carbocycles. The largest absolute Gasteiger partial charge is 0.396 e. The van der Waals surface area contributed by atoms with Crippen LogP contribution in [0.5, 0.6) is 0 Å². The smallest absolute Gasteiger partial charge is 0.257 e. The fraction of sp³-hybridized carbons (Fsp3) is 0. The minimum atomic E-state index is -1.19. The van der Waals surface area contributed by atoms with Gasteiger partial charge in [-0.3, -0.25) is 4.79 Å². The fourth-order valence-corrected chi connectivity index (χ4v) is 1.53. The van der Waals surface area contributed by atoms with E-state index in [1.165, 1.54) is 24.3 Å². The van der Waals surface area contributed by atoms with Crippen molar-refractivity contribution in [3.63, 3.8) is 0 Å². The maximum absolute atomic E-state index is 13.4. The first kappa shape index (κ1) is 12.9. The summed E-state index contributed by atoms with van der Waals surface area (Å²) in [5, 5.41) is 2.13. The maximum atomic E-state index is 13.4. The van der Waals surface area contributed by atoms with E-state index < -0.39 is 23.4 Å². The second-order valence-electron chi connectivity index (χ2n) is 3.76. The zero-order valence-electron chi connectivity index (χ0n) is 9.58. The van der Waals surface area contributed by atoms with E-state index in [1.807, 2.05) is 0 Å². The van der Waals surface area contributed by atoms with Crippen LogP contribution >= 0.6 is 0 Å². The van der Waals surface area contributed by atoms with Crippen molar-refractivity contribution >= 4 is 17.3 Å². The van der Waals surface area contributed by atoms with Crippen LogP contribution in [0.15, 0.2) is 36.4 Å². The molecule has 0 saturated carbocycles. The number of anilines is 2. The fourth-order valence-electron chi connectivity index (χ4n) is 1.53. The Balaban J connectivity index is 2.31. The molecule has 0 radical (unpaired) electrons. The number of rotatable bonds is 2. The summed E-state index contributed by atoms with van der Waals surface area (Å²) in [5.41, 5.74) is 4.56. The van der Waals surface area contributed by atoms with Crippen molar-refractivity contribution in [3.05, 3.63) is 59.4 Å². The van der Waals surface area contributed by atoms with Crippen LogP contribution in [0.3, 0.4) is 0 Å². The van der Waals surface area contributed by atoms with Crippen LogP contribution in [-0.4, -0.2) is 5.91 Å². The Morgan fingerprint density at radius 3 is 2.37 bits per heavy atom. The number of hydrogen-bond donors (Lipinski definition) is 2. The van der Waals surface area contributed by atoms with Gasteiger partial charge in [-0.2, -0.15) is 0 Å². The van der Waals surface area contributed by atoms with Crippen LogP contribution in [0, 0.1) is 17.5 Å². The van der Waals surface area contributed by atoms with Gasteiger partial charge < -0.3 is 11.1 Å². The summed E-state index contributed by atoms with van der Waals surface area (Å²) >= 11 is 0. The van der Waals surface area contributed by atoms with E-state index in [0.29, 0.717) is 0 Å². The third kappa shape index (κ3) is 2.52. The standard InChI is InChI=1S/C13H9F3N2O/c14-8-4-2-6-10(11(8)16)18-13(19)7-3-1-5-9(15)12(7)17/h1-6H,17H2,(H,18,19). The molecule has 0 bridgehead atoms. The lowest BCUT2D eigenvalue weighted by Gasteiger charge is -2.09. The number of benzene rings is 2. The summed E-state index contributed by atoms with van der Waals surface area (Å²) in [5.74, 6) is -3.86. The van der Waals surface area contributed by atoms with E-state index in [0.717, 1.165) is 12.1 Å². The zero-order valence-corrected chi connectivity index (χ0v) is 9.58. The first-order chi connectivity index (χ1) is 9.00. The van der Waals surface area contributed by atoms with E-state index in [2.05, 4.69) is 5.32 Å². The second kappa shape index (κ2) is 5.01. The number of nitrogen functional groups attached to an aromatic ring is 1. The lowest BCUT2D eigenvalue weighted by atomic mass is 10.1. The molecule has 0 aliphatic heterocycles. The molecule has 98 valence electrons. The molecule has 2 rings (SSSR count). The highest BCUT2D eigenvalue weighted by molar-refractivity contribution is 6.07. The van der Waals surface area contributed by atoms with Gasteiger partial charge in [-0.15, -0.1) is 0 Å². The van der Waals surface area contributed by atoms with E-state index in [9.17, 15) is 18.0 Å². The van der Waals surface area contributed by atoms with E-state index in [-0.39, 0.29) is 16.9 Å². The molecule has 0 fully saturated rings. The summed E-state index contributed by atoms with van der Waals surface area (Å²) in [6.45, 7) is 0. The van der Waals surface area contributed by atoms with Crippen molar-refractivity contribution in [3.8, 4) is 0 Å². The molecular weight excluding hydrogens is 257 g/mol. The predicted molar refractivity (Wildman–Crippen MR) is 65.1 cm³/mol. The van der Waals surface area contributed by atoms with Crippen molar-refractivity contribution in [1.29, 1.82) is 0 Å². The molecule has 0 aromatic heterocycles. The van der Waals surface area contributed by atoms with Gasteiger partial charge in [0.05, 0.1) is 16.9 Å². The summed E-state index contributed by atoms with van der Waals surface area (Å²) in [6.07, 6.45) is 0. The van der Waals surface area contributed by atoms with Crippen molar-refractivity contribution in [2.45, 2.75) is 0 Å². The van der Waals surface area contributed by atoms with Crippen LogP contribution in [0.1, 0.15) is 10.4 Å². The number of nitrogens with one attached hydrogen (secondary N) is 1. The Morgan fingerprint density at radius 2 is 1.63 bits per heavy atom. The Hall–Kier alpha value is -2.50. The average Bonchev–Trinajstić information content (AvgIpc) is 2.38. The number of carbonyl (C=O) groups excluding carboxylic acids is 1. The molecule has 0 saturated heterocycles. The predicted octanol–water partition coefficient (Wildman–Crippen LogP) is 2.94. The van der Waals surface area contributed by atoms with E-state index in [4.69, 9.17) is 5.73 Å². The molecule has 3 N–H and O–H groups in total. The topological polar surface area (TPSA) is 55.1 Å². The summed E-state index contributed by atoms with van der Waals surface area (Å²) < 4.78 is 39.5. The van der Waals surface area contributed by atoms with Gasteiger partial charge in [0.2, 0.25) is 0 Å². The summed E-state index contributed by atoms with van der Waals surface area (Å²) in [7, 11) is 0.